The lowest BCUT2D eigenvalue weighted by molar-refractivity contribution is 1.13. The number of halogens is 2. The maximum atomic E-state index is 9.00. The van der Waals surface area contributed by atoms with Crippen LogP contribution in [0.4, 0.5) is 0 Å². The highest BCUT2D eigenvalue weighted by molar-refractivity contribution is 7.99. The number of benzene rings is 1. The SMILES string of the molecule is N#Cc1ccc(Cl)cc1Sc1ncccc1Cl. The molecule has 2 aromatic rings. The van der Waals surface area contributed by atoms with Gasteiger partial charge in [0.05, 0.1) is 10.6 Å². The van der Waals surface area contributed by atoms with Gasteiger partial charge >= 0.3 is 0 Å². The Bertz CT molecular complexity index is 593. The van der Waals surface area contributed by atoms with E-state index in [1.165, 1.54) is 11.8 Å². The third kappa shape index (κ3) is 2.92. The maximum Gasteiger partial charge on any atom is 0.119 e. The summed E-state index contributed by atoms with van der Waals surface area (Å²) in [6.45, 7) is 0. The zero-order chi connectivity index (χ0) is 12.3. The molecule has 0 N–H and O–H groups in total. The summed E-state index contributed by atoms with van der Waals surface area (Å²) in [7, 11) is 0. The predicted molar refractivity (Wildman–Crippen MR) is 69.5 cm³/mol. The molecule has 0 bridgehead atoms. The Balaban J connectivity index is 2.40. The molecule has 0 fully saturated rings. The highest BCUT2D eigenvalue weighted by Crippen LogP contribution is 2.34. The van der Waals surface area contributed by atoms with Gasteiger partial charge in [0, 0.05) is 16.1 Å². The highest BCUT2D eigenvalue weighted by atomic mass is 35.5. The van der Waals surface area contributed by atoms with E-state index in [0.717, 1.165) is 4.90 Å². The Morgan fingerprint density at radius 1 is 1.24 bits per heavy atom. The van der Waals surface area contributed by atoms with Crippen molar-refractivity contribution in [3.8, 4) is 6.07 Å². The smallest absolute Gasteiger partial charge is 0.119 e. The topological polar surface area (TPSA) is 36.7 Å². The standard InChI is InChI=1S/C12H6Cl2N2S/c13-9-4-3-8(7-15)11(6-9)17-12-10(14)2-1-5-16-12/h1-6H. The van der Waals surface area contributed by atoms with Gasteiger partial charge in [0.2, 0.25) is 0 Å². The maximum absolute atomic E-state index is 9.00. The minimum absolute atomic E-state index is 0.557. The van der Waals surface area contributed by atoms with Crippen LogP contribution in [0, 0.1) is 11.3 Å². The van der Waals surface area contributed by atoms with E-state index in [4.69, 9.17) is 28.5 Å². The van der Waals surface area contributed by atoms with Crippen molar-refractivity contribution >= 4 is 35.0 Å². The van der Waals surface area contributed by atoms with Crippen LogP contribution in [0.25, 0.3) is 0 Å². The molecule has 0 amide bonds. The lowest BCUT2D eigenvalue weighted by atomic mass is 10.2. The Kier molecular flexibility index (Phi) is 3.90. The van der Waals surface area contributed by atoms with Crippen molar-refractivity contribution in [2.45, 2.75) is 9.92 Å². The summed E-state index contributed by atoms with van der Waals surface area (Å²) in [6, 6.07) is 10.7. The second kappa shape index (κ2) is 5.42. The van der Waals surface area contributed by atoms with Crippen LogP contribution in [0.3, 0.4) is 0 Å². The molecule has 0 saturated carbocycles. The van der Waals surface area contributed by atoms with Gasteiger partial charge in [0.25, 0.3) is 0 Å². The second-order valence-corrected chi connectivity index (χ2v) is 5.02. The first-order valence-corrected chi connectivity index (χ1v) is 6.26. The minimum atomic E-state index is 0.557. The number of aromatic nitrogens is 1. The van der Waals surface area contributed by atoms with E-state index in [0.29, 0.717) is 20.6 Å². The summed E-state index contributed by atoms with van der Waals surface area (Å²) in [5.74, 6) is 0. The zero-order valence-corrected chi connectivity index (χ0v) is 10.9. The van der Waals surface area contributed by atoms with Gasteiger partial charge in [-0.25, -0.2) is 4.98 Å². The number of hydrogen-bond acceptors (Lipinski definition) is 3. The number of rotatable bonds is 2. The first-order valence-electron chi connectivity index (χ1n) is 4.69. The van der Waals surface area contributed by atoms with Crippen LogP contribution in [0.1, 0.15) is 5.56 Å². The molecule has 0 unspecified atom stereocenters. The molecule has 2 nitrogen and oxygen atoms in total. The minimum Gasteiger partial charge on any atom is -0.248 e. The molecule has 0 aliphatic rings. The van der Waals surface area contributed by atoms with Gasteiger partial charge < -0.3 is 0 Å². The summed E-state index contributed by atoms with van der Waals surface area (Å²) in [5.41, 5.74) is 0.557. The van der Waals surface area contributed by atoms with E-state index in [1.54, 1.807) is 36.5 Å². The van der Waals surface area contributed by atoms with Gasteiger partial charge in [-0.3, -0.25) is 0 Å². The molecule has 0 spiro atoms. The molecule has 2 rings (SSSR count). The average molecular weight is 281 g/mol. The second-order valence-electron chi connectivity index (χ2n) is 3.14. The van der Waals surface area contributed by atoms with Crippen LogP contribution in [-0.4, -0.2) is 4.98 Å². The first-order chi connectivity index (χ1) is 8.20. The summed E-state index contributed by atoms with van der Waals surface area (Å²) in [6.07, 6.45) is 1.66. The van der Waals surface area contributed by atoms with Crippen molar-refractivity contribution in [1.82, 2.24) is 4.98 Å². The van der Waals surface area contributed by atoms with Crippen LogP contribution in [0.15, 0.2) is 46.5 Å². The molecular weight excluding hydrogens is 275 g/mol. The fourth-order valence-electron chi connectivity index (χ4n) is 1.22. The molecule has 84 valence electrons. The number of nitriles is 1. The summed E-state index contributed by atoms with van der Waals surface area (Å²) >= 11 is 13.2. The van der Waals surface area contributed by atoms with Crippen LogP contribution < -0.4 is 0 Å². The van der Waals surface area contributed by atoms with Crippen molar-refractivity contribution < 1.29 is 0 Å². The van der Waals surface area contributed by atoms with Gasteiger partial charge in [0.1, 0.15) is 11.1 Å². The fraction of sp³-hybridized carbons (Fsp3) is 0. The van der Waals surface area contributed by atoms with Crippen LogP contribution in [0.5, 0.6) is 0 Å². The Labute approximate surface area is 113 Å². The molecule has 0 atom stereocenters. The Hall–Kier alpha value is -1.21. The van der Waals surface area contributed by atoms with E-state index < -0.39 is 0 Å². The van der Waals surface area contributed by atoms with Crippen molar-refractivity contribution in [3.05, 3.63) is 52.1 Å². The summed E-state index contributed by atoms with van der Waals surface area (Å²) in [4.78, 5) is 4.91. The van der Waals surface area contributed by atoms with Gasteiger partial charge in [-0.1, -0.05) is 35.0 Å². The summed E-state index contributed by atoms with van der Waals surface area (Å²) in [5, 5.41) is 10.8. The van der Waals surface area contributed by atoms with Gasteiger partial charge in [-0.05, 0) is 30.3 Å². The number of hydrogen-bond donors (Lipinski definition) is 0. The molecule has 0 saturated heterocycles. The molecule has 17 heavy (non-hydrogen) atoms. The number of pyridine rings is 1. The van der Waals surface area contributed by atoms with E-state index in [-0.39, 0.29) is 0 Å². The third-order valence-electron chi connectivity index (χ3n) is 2.00. The normalized spacial score (nSPS) is 9.94. The summed E-state index contributed by atoms with van der Waals surface area (Å²) < 4.78 is 0. The quantitative estimate of drug-likeness (QED) is 0.818. The van der Waals surface area contributed by atoms with Crippen LogP contribution >= 0.6 is 35.0 Å². The van der Waals surface area contributed by atoms with Gasteiger partial charge in [-0.15, -0.1) is 0 Å². The Morgan fingerprint density at radius 3 is 2.76 bits per heavy atom. The lowest BCUT2D eigenvalue weighted by Crippen LogP contribution is -1.84. The largest absolute Gasteiger partial charge is 0.248 e. The first kappa shape index (κ1) is 12.3. The van der Waals surface area contributed by atoms with Crippen molar-refractivity contribution in [3.63, 3.8) is 0 Å². The van der Waals surface area contributed by atoms with Crippen molar-refractivity contribution in [2.75, 3.05) is 0 Å². The molecule has 0 aliphatic carbocycles. The zero-order valence-electron chi connectivity index (χ0n) is 8.52. The molecule has 1 heterocycles. The molecule has 1 aromatic heterocycles. The lowest BCUT2D eigenvalue weighted by Gasteiger charge is -2.04. The third-order valence-corrected chi connectivity index (χ3v) is 3.72. The highest BCUT2D eigenvalue weighted by Gasteiger charge is 2.08. The van der Waals surface area contributed by atoms with E-state index in [2.05, 4.69) is 11.1 Å². The Morgan fingerprint density at radius 2 is 2.06 bits per heavy atom. The van der Waals surface area contributed by atoms with Gasteiger partial charge in [0.15, 0.2) is 0 Å². The van der Waals surface area contributed by atoms with Crippen LogP contribution in [0.2, 0.25) is 10.0 Å². The molecular formula is C12H6Cl2N2S. The average Bonchev–Trinajstić information content (AvgIpc) is 2.32. The number of nitrogens with zero attached hydrogens (tertiary/aromatic N) is 2. The van der Waals surface area contributed by atoms with E-state index >= 15 is 0 Å². The van der Waals surface area contributed by atoms with Crippen LogP contribution in [-0.2, 0) is 0 Å². The van der Waals surface area contributed by atoms with Crippen molar-refractivity contribution in [2.24, 2.45) is 0 Å². The van der Waals surface area contributed by atoms with Crippen molar-refractivity contribution in [1.29, 1.82) is 5.26 Å². The molecule has 5 heteroatoms. The van der Waals surface area contributed by atoms with E-state index in [9.17, 15) is 0 Å². The molecule has 1 aromatic carbocycles. The monoisotopic (exact) mass is 280 g/mol. The predicted octanol–water partition coefficient (Wildman–Crippen LogP) is 4.41. The molecule has 0 radical (unpaired) electrons. The van der Waals surface area contributed by atoms with Gasteiger partial charge in [-0.2, -0.15) is 5.26 Å². The van der Waals surface area contributed by atoms with E-state index in [1.807, 2.05) is 0 Å². The molecule has 0 aliphatic heterocycles. The fourth-order valence-corrected chi connectivity index (χ4v) is 2.59.